The molecular weight excluding hydrogens is 1730 g/mol. The van der Waals surface area contributed by atoms with Crippen molar-refractivity contribution in [3.63, 3.8) is 0 Å². The Morgan fingerprint density at radius 1 is 0.382 bits per heavy atom. The summed E-state index contributed by atoms with van der Waals surface area (Å²) in [5.74, 6) is 7.55. The third kappa shape index (κ3) is 23.1. The Morgan fingerprint density at radius 3 is 1.09 bits per heavy atom. The number of nitrogens with zero attached hydrogens (tertiary/aromatic N) is 26. The number of rotatable bonds is 23. The highest BCUT2D eigenvalue weighted by molar-refractivity contribution is 5.88. The van der Waals surface area contributed by atoms with Gasteiger partial charge in [0.15, 0.2) is 5.82 Å². The second kappa shape index (κ2) is 44.2. The van der Waals surface area contributed by atoms with Crippen LogP contribution in [0.5, 0.6) is 23.0 Å². The smallest absolute Gasteiger partial charge is 0.222 e. The first kappa shape index (κ1) is 90.7. The molecular formula is C98H112N30O8. The van der Waals surface area contributed by atoms with Crippen LogP contribution >= 0.6 is 0 Å². The van der Waals surface area contributed by atoms with Crippen molar-refractivity contribution in [1.82, 2.24) is 105 Å². The SMILES string of the molecule is C=Cc1cnc(NC2CCC(Oc3cc(N4CCOCC4)cc4nccnc34)CC2)nc1.Cn1nnc(-c2ccc(NC3CCC(Oc4cc(N5CCOCC5)cc5nccnc45)CC3)nc2)n1.Cn1nnnc1-c1ccc(NC2CCC(Oc3cc(N4CCOCC4)cc4nccnc34)CC2)nc1.N#Cc1cccnc1NC1CCC(Oc2cc(N3CCOCC3)cc3nccnc23)CC1. The van der Waals surface area contributed by atoms with Crippen LogP contribution in [0.15, 0.2) is 172 Å². The lowest BCUT2D eigenvalue weighted by Crippen LogP contribution is -2.36. The normalized spacial score (nSPS) is 20.8. The molecule has 0 radical (unpaired) electrons. The van der Waals surface area contributed by atoms with E-state index in [2.05, 4.69) is 198 Å². The maximum Gasteiger partial charge on any atom is 0.222 e. The fourth-order valence-corrected chi connectivity index (χ4v) is 18.5. The molecule has 702 valence electrons. The first-order valence-corrected chi connectivity index (χ1v) is 47.2. The fraction of sp³-hybridized carbons (Fsp3) is 0.429. The van der Waals surface area contributed by atoms with E-state index in [1.54, 1.807) is 110 Å². The van der Waals surface area contributed by atoms with Crippen molar-refractivity contribution < 1.29 is 37.9 Å². The Kier molecular flexibility index (Phi) is 29.5. The summed E-state index contributed by atoms with van der Waals surface area (Å²) in [7, 11) is 3.56. The van der Waals surface area contributed by atoms with Crippen LogP contribution in [0.25, 0.3) is 73.0 Å². The number of ether oxygens (including phenoxy) is 8. The molecule has 0 spiro atoms. The van der Waals surface area contributed by atoms with Crippen molar-refractivity contribution in [2.45, 2.75) is 151 Å². The summed E-state index contributed by atoms with van der Waals surface area (Å²) in [4.78, 5) is 69.3. The van der Waals surface area contributed by atoms with E-state index in [9.17, 15) is 5.26 Å². The zero-order valence-corrected chi connectivity index (χ0v) is 76.5. The average molecular weight is 1840 g/mol. The number of nitriles is 1. The van der Waals surface area contributed by atoms with Gasteiger partial charge in [-0.2, -0.15) is 10.1 Å². The number of tetrazole rings is 2. The quantitative estimate of drug-likeness (QED) is 0.0462. The monoisotopic (exact) mass is 1840 g/mol. The molecule has 10 aromatic heterocycles. The topological polar surface area (TPSA) is 413 Å². The van der Waals surface area contributed by atoms with Crippen molar-refractivity contribution in [1.29, 1.82) is 5.26 Å². The van der Waals surface area contributed by atoms with Crippen LogP contribution in [-0.4, -0.2) is 259 Å². The maximum atomic E-state index is 9.29. The van der Waals surface area contributed by atoms with E-state index in [0.29, 0.717) is 47.1 Å². The highest BCUT2D eigenvalue weighted by Crippen LogP contribution is 2.40. The van der Waals surface area contributed by atoms with E-state index in [-0.39, 0.29) is 30.5 Å². The van der Waals surface area contributed by atoms with Crippen molar-refractivity contribution in [2.24, 2.45) is 14.1 Å². The number of benzene rings is 4. The molecule has 38 nitrogen and oxygen atoms in total. The summed E-state index contributed by atoms with van der Waals surface area (Å²) in [6.45, 7) is 16.6. The Balaban J connectivity index is 0.000000116. The van der Waals surface area contributed by atoms with E-state index < -0.39 is 0 Å². The van der Waals surface area contributed by atoms with E-state index in [0.717, 1.165) is 326 Å². The molecule has 22 rings (SSSR count). The molecule has 4 saturated heterocycles. The summed E-state index contributed by atoms with van der Waals surface area (Å²) in [5.41, 5.74) is 14.4. The number of nitrogens with one attached hydrogen (secondary N) is 4. The number of aromatic nitrogens is 21. The molecule has 4 saturated carbocycles. The average Bonchev–Trinajstić information content (AvgIpc) is 1.09. The lowest BCUT2D eigenvalue weighted by molar-refractivity contribution is 0.122. The predicted octanol–water partition coefficient (Wildman–Crippen LogP) is 12.9. The third-order valence-corrected chi connectivity index (χ3v) is 25.9. The Morgan fingerprint density at radius 2 is 0.750 bits per heavy atom. The molecule has 4 N–H and O–H groups in total. The summed E-state index contributed by atoms with van der Waals surface area (Å²) in [5, 5.41) is 47.0. The van der Waals surface area contributed by atoms with Gasteiger partial charge in [-0.05, 0) is 179 Å². The lowest BCUT2D eigenvalue weighted by Gasteiger charge is -2.31. The largest absolute Gasteiger partial charge is 0.488 e. The number of hydrogen-bond acceptors (Lipinski definition) is 36. The van der Waals surface area contributed by atoms with E-state index in [4.69, 9.17) is 37.9 Å². The van der Waals surface area contributed by atoms with Gasteiger partial charge in [-0.25, -0.2) is 49.5 Å². The molecule has 4 aromatic carbocycles. The molecule has 14 heterocycles. The number of hydrogen-bond donors (Lipinski definition) is 4. The third-order valence-electron chi connectivity index (χ3n) is 25.9. The molecule has 8 fully saturated rings. The Labute approximate surface area is 787 Å². The van der Waals surface area contributed by atoms with Crippen molar-refractivity contribution >= 4 is 96.4 Å². The minimum Gasteiger partial charge on any atom is -0.488 e. The molecule has 136 heavy (non-hydrogen) atoms. The van der Waals surface area contributed by atoms with E-state index in [1.807, 2.05) is 31.3 Å². The predicted molar refractivity (Wildman–Crippen MR) is 517 cm³/mol. The molecule has 14 aromatic rings. The highest BCUT2D eigenvalue weighted by Gasteiger charge is 2.32. The van der Waals surface area contributed by atoms with Crippen molar-refractivity contribution in [3.8, 4) is 51.8 Å². The standard InChI is InChI=1S/2C25H29N9O2.C24H28N6O2.C24H26N6O2/c1-33-25(30-31-32-33)17-2-7-23(28-16-17)29-18-3-5-20(6-4-18)36-22-15-19(34-10-12-35-13-11-34)14-21-24(22)27-9-8-26-21;1-33-31-25(30-32-33)17-2-7-23(28-16-17)29-18-3-5-20(6-4-18)36-22-15-19(34-10-12-35-13-11-34)14-21-24(22)27-9-8-26-21;1-2-17-15-27-24(28-16-17)29-18-3-5-20(6-4-18)32-22-14-19(30-9-11-31-12-10-30)13-21-23(22)26-8-7-25-21;25-16-17-2-1-7-28-24(17)29-18-3-5-20(6-4-18)32-22-15-19(30-10-12-31-13-11-30)14-21-23(22)27-9-8-26-21/h2*2,7-9,14-16,18,20H,3-6,10-13H2,1H3,(H,28,29);2,7-8,13-16,18,20H,1,3-6,9-12H2,(H,27,28,29);1-2,7-9,14-15,18,20H,3-6,10-13H2,(H,28,29). The zero-order chi connectivity index (χ0) is 92.1. The molecule has 0 amide bonds. The summed E-state index contributed by atoms with van der Waals surface area (Å²) in [6, 6.07) is 31.8. The first-order valence-electron chi connectivity index (χ1n) is 47.2. The molecule has 4 aliphatic heterocycles. The molecule has 0 atom stereocenters. The first-order chi connectivity index (χ1) is 67.0. The van der Waals surface area contributed by atoms with Gasteiger partial charge < -0.3 is 78.8 Å². The highest BCUT2D eigenvalue weighted by atomic mass is 16.5. The van der Waals surface area contributed by atoms with Gasteiger partial charge in [0.2, 0.25) is 11.8 Å². The van der Waals surface area contributed by atoms with Crippen molar-refractivity contribution in [2.75, 3.05) is 146 Å². The number of pyridine rings is 3. The van der Waals surface area contributed by atoms with Gasteiger partial charge in [-0.1, -0.05) is 12.7 Å². The van der Waals surface area contributed by atoms with Crippen LogP contribution in [-0.2, 0) is 33.0 Å². The summed E-state index contributed by atoms with van der Waals surface area (Å²) < 4.78 is 49.7. The van der Waals surface area contributed by atoms with Crippen LogP contribution in [0.4, 0.5) is 46.2 Å². The van der Waals surface area contributed by atoms with Gasteiger partial charge in [-0.15, -0.1) is 15.3 Å². The number of aryl methyl sites for hydroxylation is 2. The second-order valence-corrected chi connectivity index (χ2v) is 35.0. The molecule has 8 aliphatic rings. The van der Waals surface area contributed by atoms with Gasteiger partial charge in [0.25, 0.3) is 0 Å². The van der Waals surface area contributed by atoms with Gasteiger partial charge >= 0.3 is 0 Å². The van der Waals surface area contributed by atoms with Gasteiger partial charge in [0, 0.05) is 228 Å². The number of anilines is 8. The molecule has 38 heteroatoms. The van der Waals surface area contributed by atoms with Crippen LogP contribution in [0.3, 0.4) is 0 Å². The van der Waals surface area contributed by atoms with Crippen LogP contribution in [0.2, 0.25) is 0 Å². The molecule has 0 unspecified atom stereocenters. The Hall–Kier alpha value is -14.4. The lowest BCUT2D eigenvalue weighted by atomic mass is 9.92. The van der Waals surface area contributed by atoms with Gasteiger partial charge in [0.1, 0.15) is 68.6 Å². The molecule has 0 bridgehead atoms. The maximum absolute atomic E-state index is 9.29. The van der Waals surface area contributed by atoms with Crippen LogP contribution < -0.4 is 59.8 Å². The van der Waals surface area contributed by atoms with Crippen LogP contribution in [0, 0.1) is 11.3 Å². The minimum atomic E-state index is 0.123. The second-order valence-electron chi connectivity index (χ2n) is 35.0. The zero-order valence-electron chi connectivity index (χ0n) is 76.5. The summed E-state index contributed by atoms with van der Waals surface area (Å²) in [6.07, 6.45) is 40.6. The van der Waals surface area contributed by atoms with Crippen molar-refractivity contribution in [3.05, 3.63) is 183 Å². The van der Waals surface area contributed by atoms with Crippen LogP contribution in [0.1, 0.15) is 114 Å². The Bertz CT molecular complexity index is 6320. The fourth-order valence-electron chi connectivity index (χ4n) is 18.5. The minimum absolute atomic E-state index is 0.123. The van der Waals surface area contributed by atoms with Gasteiger partial charge in [-0.3, -0.25) is 19.9 Å². The molecule has 4 aliphatic carbocycles. The number of fused-ring (bicyclic) bond motifs is 4. The van der Waals surface area contributed by atoms with Gasteiger partial charge in [0.05, 0.1) is 112 Å². The summed E-state index contributed by atoms with van der Waals surface area (Å²) >= 11 is 0. The van der Waals surface area contributed by atoms with E-state index in [1.165, 1.54) is 4.80 Å². The number of morpholine rings is 4. The van der Waals surface area contributed by atoms with E-state index >= 15 is 0 Å².